The predicted molar refractivity (Wildman–Crippen MR) is 81.8 cm³/mol. The molecule has 0 aliphatic heterocycles. The third-order valence-corrected chi connectivity index (χ3v) is 6.32. The van der Waals surface area contributed by atoms with Crippen LogP contribution in [0.15, 0.2) is 24.3 Å². The van der Waals surface area contributed by atoms with E-state index in [1.54, 1.807) is 0 Å². The molecular formula is C14H16BrIO. The maximum Gasteiger partial charge on any atom is 0.119 e. The van der Waals surface area contributed by atoms with E-state index in [1.165, 1.54) is 29.3 Å². The Labute approximate surface area is 125 Å². The SMILES string of the molecule is BrC1CC(Oc2ccc(I)cc2)C12CCCC2. The molecule has 0 saturated heterocycles. The molecule has 2 aliphatic carbocycles. The smallest absolute Gasteiger partial charge is 0.119 e. The number of alkyl halides is 1. The molecule has 0 N–H and O–H groups in total. The van der Waals surface area contributed by atoms with Crippen molar-refractivity contribution in [2.24, 2.45) is 5.41 Å². The van der Waals surface area contributed by atoms with Gasteiger partial charge in [0.2, 0.25) is 0 Å². The van der Waals surface area contributed by atoms with Gasteiger partial charge in [0.05, 0.1) is 0 Å². The van der Waals surface area contributed by atoms with Gasteiger partial charge >= 0.3 is 0 Å². The van der Waals surface area contributed by atoms with Gasteiger partial charge in [0.25, 0.3) is 0 Å². The summed E-state index contributed by atoms with van der Waals surface area (Å²) in [5.74, 6) is 1.03. The zero-order valence-electron chi connectivity index (χ0n) is 9.66. The number of rotatable bonds is 2. The van der Waals surface area contributed by atoms with Crippen molar-refractivity contribution in [2.45, 2.75) is 43.0 Å². The first-order valence-corrected chi connectivity index (χ1v) is 8.26. The average Bonchev–Trinajstić information content (AvgIpc) is 2.83. The number of hydrogen-bond acceptors (Lipinski definition) is 1. The molecule has 0 amide bonds. The van der Waals surface area contributed by atoms with E-state index in [4.69, 9.17) is 4.74 Å². The molecule has 1 aromatic rings. The van der Waals surface area contributed by atoms with Crippen LogP contribution in [0.3, 0.4) is 0 Å². The van der Waals surface area contributed by atoms with Crippen LogP contribution in [0.4, 0.5) is 0 Å². The van der Waals surface area contributed by atoms with Crippen molar-refractivity contribution in [3.63, 3.8) is 0 Å². The first kappa shape index (κ1) is 12.3. The number of halogens is 2. The maximum atomic E-state index is 6.18. The first-order valence-electron chi connectivity index (χ1n) is 6.27. The van der Waals surface area contributed by atoms with Gasteiger partial charge in [-0.05, 0) is 66.1 Å². The minimum absolute atomic E-state index is 0.425. The highest BCUT2D eigenvalue weighted by molar-refractivity contribution is 14.1. The summed E-state index contributed by atoms with van der Waals surface area (Å²) in [4.78, 5) is 0.673. The summed E-state index contributed by atoms with van der Waals surface area (Å²) < 4.78 is 7.44. The van der Waals surface area contributed by atoms with E-state index in [0.717, 1.165) is 12.2 Å². The molecule has 2 atom stereocenters. The van der Waals surface area contributed by atoms with E-state index < -0.39 is 0 Å². The van der Waals surface area contributed by atoms with Gasteiger partial charge in [0, 0.05) is 13.8 Å². The molecule has 1 spiro atoms. The molecule has 0 radical (unpaired) electrons. The van der Waals surface area contributed by atoms with E-state index in [2.05, 4.69) is 62.8 Å². The third kappa shape index (κ3) is 2.14. The molecule has 3 rings (SSSR count). The Balaban J connectivity index is 1.72. The molecule has 17 heavy (non-hydrogen) atoms. The highest BCUT2D eigenvalue weighted by Gasteiger charge is 2.56. The Morgan fingerprint density at radius 1 is 1.18 bits per heavy atom. The fraction of sp³-hybridized carbons (Fsp3) is 0.571. The highest BCUT2D eigenvalue weighted by Crippen LogP contribution is 2.57. The number of ether oxygens (including phenoxy) is 1. The highest BCUT2D eigenvalue weighted by atomic mass is 127. The average molecular weight is 407 g/mol. The van der Waals surface area contributed by atoms with Crippen molar-refractivity contribution in [2.75, 3.05) is 0 Å². The van der Waals surface area contributed by atoms with Crippen molar-refractivity contribution in [3.8, 4) is 5.75 Å². The minimum atomic E-state index is 0.425. The van der Waals surface area contributed by atoms with Gasteiger partial charge in [-0.3, -0.25) is 0 Å². The van der Waals surface area contributed by atoms with Crippen molar-refractivity contribution in [1.82, 2.24) is 0 Å². The van der Waals surface area contributed by atoms with Crippen LogP contribution >= 0.6 is 38.5 Å². The van der Waals surface area contributed by atoms with Crippen LogP contribution in [0.2, 0.25) is 0 Å². The summed E-state index contributed by atoms with van der Waals surface area (Å²) in [6.45, 7) is 0. The molecule has 0 bridgehead atoms. The van der Waals surface area contributed by atoms with Crippen LogP contribution in [-0.4, -0.2) is 10.9 Å². The summed E-state index contributed by atoms with van der Waals surface area (Å²) in [6, 6.07) is 8.40. The van der Waals surface area contributed by atoms with Crippen LogP contribution < -0.4 is 4.74 Å². The maximum absolute atomic E-state index is 6.18. The van der Waals surface area contributed by atoms with Crippen molar-refractivity contribution >= 4 is 38.5 Å². The van der Waals surface area contributed by atoms with Gasteiger partial charge in [0.1, 0.15) is 11.9 Å². The topological polar surface area (TPSA) is 9.23 Å². The molecule has 0 heterocycles. The van der Waals surface area contributed by atoms with Crippen molar-refractivity contribution < 1.29 is 4.74 Å². The molecule has 92 valence electrons. The van der Waals surface area contributed by atoms with E-state index in [0.29, 0.717) is 16.3 Å². The van der Waals surface area contributed by atoms with Crippen molar-refractivity contribution in [3.05, 3.63) is 27.8 Å². The van der Waals surface area contributed by atoms with Gasteiger partial charge in [-0.25, -0.2) is 0 Å². The summed E-state index contributed by atoms with van der Waals surface area (Å²) in [5, 5.41) is 0. The largest absolute Gasteiger partial charge is 0.490 e. The lowest BCUT2D eigenvalue weighted by Gasteiger charge is -2.51. The lowest BCUT2D eigenvalue weighted by Crippen LogP contribution is -2.55. The van der Waals surface area contributed by atoms with Gasteiger partial charge in [-0.2, -0.15) is 0 Å². The minimum Gasteiger partial charge on any atom is -0.490 e. The van der Waals surface area contributed by atoms with Crippen molar-refractivity contribution in [1.29, 1.82) is 0 Å². The Morgan fingerprint density at radius 2 is 1.82 bits per heavy atom. The summed E-state index contributed by atoms with van der Waals surface area (Å²) in [5.41, 5.74) is 0.434. The van der Waals surface area contributed by atoms with Gasteiger partial charge < -0.3 is 4.74 Å². The van der Waals surface area contributed by atoms with Crippen LogP contribution in [0.5, 0.6) is 5.75 Å². The lowest BCUT2D eigenvalue weighted by molar-refractivity contribution is -0.0303. The second kappa shape index (κ2) is 4.72. The summed E-state index contributed by atoms with van der Waals surface area (Å²) in [6.07, 6.45) is 6.99. The molecule has 2 fully saturated rings. The quantitative estimate of drug-likeness (QED) is 0.507. The van der Waals surface area contributed by atoms with Crippen LogP contribution in [0, 0.1) is 8.99 Å². The number of hydrogen-bond donors (Lipinski definition) is 0. The van der Waals surface area contributed by atoms with E-state index in [-0.39, 0.29) is 0 Å². The first-order chi connectivity index (χ1) is 8.21. The van der Waals surface area contributed by atoms with Gasteiger partial charge in [0.15, 0.2) is 0 Å². The summed E-state index contributed by atoms with van der Waals surface area (Å²) in [7, 11) is 0. The fourth-order valence-corrected chi connectivity index (χ4v) is 4.66. The molecule has 3 heteroatoms. The molecule has 2 unspecified atom stereocenters. The normalized spacial score (nSPS) is 30.2. The summed E-state index contributed by atoms with van der Waals surface area (Å²) >= 11 is 6.15. The second-order valence-electron chi connectivity index (χ2n) is 5.20. The Kier molecular flexibility index (Phi) is 3.41. The molecule has 1 aromatic carbocycles. The molecule has 2 saturated carbocycles. The van der Waals surface area contributed by atoms with E-state index in [1.807, 2.05) is 0 Å². The predicted octanol–water partition coefficient (Wildman–Crippen LogP) is 4.77. The van der Waals surface area contributed by atoms with Crippen LogP contribution in [-0.2, 0) is 0 Å². The standard InChI is InChI=1S/C14H16BrIO/c15-12-9-13(14(12)7-1-2-8-14)17-11-5-3-10(16)4-6-11/h3-6,12-13H,1-2,7-9H2. The van der Waals surface area contributed by atoms with Crippen LogP contribution in [0.25, 0.3) is 0 Å². The van der Waals surface area contributed by atoms with Gasteiger partial charge in [-0.1, -0.05) is 28.8 Å². The second-order valence-corrected chi connectivity index (χ2v) is 7.55. The van der Waals surface area contributed by atoms with E-state index >= 15 is 0 Å². The molecule has 1 nitrogen and oxygen atoms in total. The van der Waals surface area contributed by atoms with E-state index in [9.17, 15) is 0 Å². The monoisotopic (exact) mass is 406 g/mol. The van der Waals surface area contributed by atoms with Gasteiger partial charge in [-0.15, -0.1) is 0 Å². The zero-order chi connectivity index (χ0) is 11.9. The Hall–Kier alpha value is 0.230. The van der Waals surface area contributed by atoms with Crippen LogP contribution in [0.1, 0.15) is 32.1 Å². The molecule has 0 aromatic heterocycles. The number of benzene rings is 1. The zero-order valence-corrected chi connectivity index (χ0v) is 13.4. The molecular weight excluding hydrogens is 391 g/mol. The molecule has 2 aliphatic rings. The fourth-order valence-electron chi connectivity index (χ4n) is 3.21. The Bertz CT molecular complexity index is 397. The Morgan fingerprint density at radius 3 is 2.41 bits per heavy atom. The lowest BCUT2D eigenvalue weighted by atomic mass is 9.64. The third-order valence-electron chi connectivity index (χ3n) is 4.31.